The Labute approximate surface area is 147 Å². The standard InChI is InChI=1S/C15H10Cl2N4OS/c16-9-3-1-2-8(10(9)17)11-13(6-18)12(20)21-15(14(11,13)7-19)22-4-5-23-15/h1-3,11H,4-5H2,(H2,20,21)/t11-,13-,14-,15-/m1/s1. The monoisotopic (exact) mass is 364 g/mol. The van der Waals surface area contributed by atoms with Crippen LogP contribution in [0.3, 0.4) is 0 Å². The Bertz CT molecular complexity index is 839. The molecule has 0 amide bonds. The van der Waals surface area contributed by atoms with E-state index in [-0.39, 0.29) is 5.84 Å². The Morgan fingerprint density at radius 2 is 2.13 bits per heavy atom. The van der Waals surface area contributed by atoms with Gasteiger partial charge in [0.1, 0.15) is 11.3 Å². The number of amidine groups is 1. The number of thioether (sulfide) groups is 1. The van der Waals surface area contributed by atoms with E-state index < -0.39 is 21.8 Å². The molecule has 5 nitrogen and oxygen atoms in total. The third-order valence-electron chi connectivity index (χ3n) is 4.90. The summed E-state index contributed by atoms with van der Waals surface area (Å²) in [5.41, 5.74) is 4.32. The lowest BCUT2D eigenvalue weighted by atomic mass is 9.95. The lowest BCUT2D eigenvalue weighted by Gasteiger charge is -2.26. The van der Waals surface area contributed by atoms with Crippen LogP contribution in [-0.4, -0.2) is 23.3 Å². The predicted molar refractivity (Wildman–Crippen MR) is 88.1 cm³/mol. The zero-order valence-corrected chi connectivity index (χ0v) is 14.0. The van der Waals surface area contributed by atoms with E-state index in [1.165, 1.54) is 11.8 Å². The minimum absolute atomic E-state index is 0.136. The smallest absolute Gasteiger partial charge is 0.230 e. The summed E-state index contributed by atoms with van der Waals surface area (Å²) in [5, 5.41) is 19.4. The Hall–Kier alpha value is -1.44. The highest BCUT2D eigenvalue weighted by atomic mass is 35.5. The molecule has 1 aromatic rings. The zero-order chi connectivity index (χ0) is 16.5. The molecule has 2 heterocycles. The van der Waals surface area contributed by atoms with E-state index in [1.807, 2.05) is 0 Å². The van der Waals surface area contributed by atoms with Gasteiger partial charge in [-0.2, -0.15) is 10.5 Å². The molecular weight excluding hydrogens is 355 g/mol. The fourth-order valence-electron chi connectivity index (χ4n) is 3.93. The number of fused-ring (bicyclic) bond motifs is 2. The Morgan fingerprint density at radius 3 is 2.74 bits per heavy atom. The molecule has 116 valence electrons. The number of benzene rings is 1. The van der Waals surface area contributed by atoms with Gasteiger partial charge < -0.3 is 10.5 Å². The van der Waals surface area contributed by atoms with Gasteiger partial charge in [-0.05, 0) is 11.6 Å². The van der Waals surface area contributed by atoms with E-state index >= 15 is 0 Å². The van der Waals surface area contributed by atoms with Gasteiger partial charge in [0.15, 0.2) is 5.41 Å². The molecule has 0 bridgehead atoms. The van der Waals surface area contributed by atoms with Crippen LogP contribution in [0.4, 0.5) is 0 Å². The fraction of sp³-hybridized carbons (Fsp3) is 0.400. The highest BCUT2D eigenvalue weighted by Crippen LogP contribution is 2.84. The molecule has 1 saturated carbocycles. The predicted octanol–water partition coefficient (Wildman–Crippen LogP) is 2.90. The van der Waals surface area contributed by atoms with Crippen LogP contribution in [0.2, 0.25) is 10.0 Å². The lowest BCUT2D eigenvalue weighted by Crippen LogP contribution is -2.34. The lowest BCUT2D eigenvalue weighted by molar-refractivity contribution is 0.0200. The molecule has 2 fully saturated rings. The zero-order valence-electron chi connectivity index (χ0n) is 11.7. The third kappa shape index (κ3) is 1.42. The van der Waals surface area contributed by atoms with E-state index in [0.717, 1.165) is 0 Å². The van der Waals surface area contributed by atoms with Gasteiger partial charge in [0.2, 0.25) is 5.06 Å². The quantitative estimate of drug-likeness (QED) is 0.826. The first kappa shape index (κ1) is 15.1. The number of nitriles is 2. The summed E-state index contributed by atoms with van der Waals surface area (Å²) in [5.74, 6) is 0.314. The highest BCUT2D eigenvalue weighted by Gasteiger charge is 2.93. The molecule has 0 radical (unpaired) electrons. The number of nitrogens with zero attached hydrogens (tertiary/aromatic N) is 3. The molecule has 2 aliphatic heterocycles. The van der Waals surface area contributed by atoms with E-state index in [1.54, 1.807) is 18.2 Å². The van der Waals surface area contributed by atoms with Crippen LogP contribution in [0.1, 0.15) is 11.5 Å². The maximum atomic E-state index is 10.00. The van der Waals surface area contributed by atoms with Crippen molar-refractivity contribution in [3.05, 3.63) is 33.8 Å². The van der Waals surface area contributed by atoms with Crippen LogP contribution in [0, 0.1) is 33.5 Å². The van der Waals surface area contributed by atoms with Crippen molar-refractivity contribution in [1.29, 1.82) is 10.5 Å². The van der Waals surface area contributed by atoms with Gasteiger partial charge in [-0.25, -0.2) is 4.99 Å². The average Bonchev–Trinajstić information content (AvgIpc) is 2.78. The van der Waals surface area contributed by atoms with Crippen molar-refractivity contribution in [2.75, 3.05) is 12.4 Å². The second-order valence-electron chi connectivity index (χ2n) is 5.69. The van der Waals surface area contributed by atoms with Gasteiger partial charge in [-0.3, -0.25) is 0 Å². The summed E-state index contributed by atoms with van der Waals surface area (Å²) in [6.45, 7) is 0.461. The van der Waals surface area contributed by atoms with Gasteiger partial charge in [0.05, 0.1) is 28.8 Å². The number of hydrogen-bond acceptors (Lipinski definition) is 6. The molecule has 1 spiro atoms. The number of hydrogen-bond donors (Lipinski definition) is 1. The fourth-order valence-corrected chi connectivity index (χ4v) is 5.67. The summed E-state index contributed by atoms with van der Waals surface area (Å²) >= 11 is 13.9. The maximum absolute atomic E-state index is 10.00. The molecule has 0 unspecified atom stereocenters. The topological polar surface area (TPSA) is 95.2 Å². The molecule has 1 saturated heterocycles. The van der Waals surface area contributed by atoms with Gasteiger partial charge >= 0.3 is 0 Å². The van der Waals surface area contributed by atoms with Crippen molar-refractivity contribution in [1.82, 2.24) is 0 Å². The van der Waals surface area contributed by atoms with Crippen molar-refractivity contribution in [2.24, 2.45) is 21.6 Å². The van der Waals surface area contributed by atoms with E-state index in [4.69, 9.17) is 33.7 Å². The number of nitrogens with two attached hydrogens (primary N) is 1. The minimum atomic E-state index is -1.23. The van der Waals surface area contributed by atoms with Crippen molar-refractivity contribution in [2.45, 2.75) is 11.0 Å². The number of ether oxygens (including phenoxy) is 1. The van der Waals surface area contributed by atoms with Gasteiger partial charge in [0.25, 0.3) is 0 Å². The average molecular weight is 365 g/mol. The SMILES string of the molecule is N#C[C@@]12[C@H](c3cccc(Cl)c3Cl)[C@]1(C#N)C(N)=N[C@@]21OCCS1. The molecule has 1 aliphatic carbocycles. The largest absolute Gasteiger partial charge is 0.386 e. The van der Waals surface area contributed by atoms with Gasteiger partial charge in [-0.1, -0.05) is 47.1 Å². The van der Waals surface area contributed by atoms with Crippen molar-refractivity contribution in [3.63, 3.8) is 0 Å². The van der Waals surface area contributed by atoms with E-state index in [9.17, 15) is 10.5 Å². The minimum Gasteiger partial charge on any atom is -0.386 e. The Balaban J connectivity index is 1.97. The van der Waals surface area contributed by atoms with Crippen molar-refractivity contribution < 1.29 is 4.74 Å². The first-order chi connectivity index (χ1) is 11.0. The molecule has 0 aromatic heterocycles. The molecule has 4 rings (SSSR count). The van der Waals surface area contributed by atoms with Crippen molar-refractivity contribution in [3.8, 4) is 12.1 Å². The summed E-state index contributed by atoms with van der Waals surface area (Å²) in [6, 6.07) is 9.71. The van der Waals surface area contributed by atoms with Crippen LogP contribution in [-0.2, 0) is 4.74 Å². The molecule has 1 aromatic carbocycles. The molecular formula is C15H10Cl2N4OS. The number of rotatable bonds is 1. The second kappa shape index (κ2) is 4.55. The molecule has 23 heavy (non-hydrogen) atoms. The van der Waals surface area contributed by atoms with E-state index in [0.29, 0.717) is 28.0 Å². The molecule has 3 aliphatic rings. The number of halogens is 2. The number of aliphatic imine (C=N–C) groups is 1. The van der Waals surface area contributed by atoms with Gasteiger partial charge in [0, 0.05) is 11.7 Å². The van der Waals surface area contributed by atoms with E-state index in [2.05, 4.69) is 17.1 Å². The maximum Gasteiger partial charge on any atom is 0.230 e. The second-order valence-corrected chi connectivity index (χ2v) is 7.73. The summed E-state index contributed by atoms with van der Waals surface area (Å²) in [6.07, 6.45) is 0. The summed E-state index contributed by atoms with van der Waals surface area (Å²) in [7, 11) is 0. The molecule has 8 heteroatoms. The summed E-state index contributed by atoms with van der Waals surface area (Å²) in [4.78, 5) is 4.38. The van der Waals surface area contributed by atoms with Crippen LogP contribution < -0.4 is 5.73 Å². The van der Waals surface area contributed by atoms with Crippen LogP contribution in [0.5, 0.6) is 0 Å². The summed E-state index contributed by atoms with van der Waals surface area (Å²) < 4.78 is 5.81. The van der Waals surface area contributed by atoms with Gasteiger partial charge in [-0.15, -0.1) is 0 Å². The Kier molecular flexibility index (Phi) is 2.99. The first-order valence-electron chi connectivity index (χ1n) is 6.91. The normalized spacial score (nSPS) is 40.3. The first-order valence-corrected chi connectivity index (χ1v) is 8.65. The molecule has 2 N–H and O–H groups in total. The van der Waals surface area contributed by atoms with Crippen LogP contribution in [0.15, 0.2) is 23.2 Å². The Morgan fingerprint density at radius 1 is 1.35 bits per heavy atom. The van der Waals surface area contributed by atoms with Crippen molar-refractivity contribution >= 4 is 40.8 Å². The van der Waals surface area contributed by atoms with Crippen LogP contribution in [0.25, 0.3) is 0 Å². The van der Waals surface area contributed by atoms with Crippen LogP contribution >= 0.6 is 35.0 Å². The molecule has 4 atom stereocenters. The highest BCUT2D eigenvalue weighted by molar-refractivity contribution is 8.00. The third-order valence-corrected chi connectivity index (χ3v) is 7.03.